The molecule has 114 valence electrons. The molecule has 0 aliphatic carbocycles. The first-order valence-electron chi connectivity index (χ1n) is 7.21. The van der Waals surface area contributed by atoms with Crippen LogP contribution in [0, 0.1) is 6.92 Å². The van der Waals surface area contributed by atoms with E-state index in [1.165, 1.54) is 11.1 Å². The van der Waals surface area contributed by atoms with Crippen molar-refractivity contribution in [3.63, 3.8) is 0 Å². The number of rotatable bonds is 4. The zero-order chi connectivity index (χ0) is 15.7. The first-order valence-corrected chi connectivity index (χ1v) is 7.21. The van der Waals surface area contributed by atoms with Crippen LogP contribution in [-0.2, 0) is 13.6 Å². The Balaban J connectivity index is 1.97. The fourth-order valence-electron chi connectivity index (χ4n) is 2.33. The molecule has 2 heterocycles. The minimum Gasteiger partial charge on any atom is -0.365 e. The predicted molar refractivity (Wildman–Crippen MR) is 89.1 cm³/mol. The lowest BCUT2D eigenvalue weighted by Crippen LogP contribution is -2.15. The molecule has 0 saturated heterocycles. The molecule has 6 nitrogen and oxygen atoms in total. The summed E-state index contributed by atoms with van der Waals surface area (Å²) in [7, 11) is 5.76. The lowest BCUT2D eigenvalue weighted by molar-refractivity contribution is 0.784. The Bertz CT molecular complexity index is 806. The molecule has 0 atom stereocenters. The number of nitrogens with one attached hydrogen (secondary N) is 1. The van der Waals surface area contributed by atoms with Gasteiger partial charge in [0.15, 0.2) is 5.65 Å². The minimum atomic E-state index is 0.670. The molecule has 0 saturated carbocycles. The van der Waals surface area contributed by atoms with E-state index >= 15 is 0 Å². The van der Waals surface area contributed by atoms with E-state index in [2.05, 4.69) is 45.5 Å². The number of aryl methyl sites for hydroxylation is 2. The quantitative estimate of drug-likeness (QED) is 0.801. The lowest BCUT2D eigenvalue weighted by Gasteiger charge is -2.14. The number of hydrogen-bond donors (Lipinski definition) is 1. The molecular weight excluding hydrogens is 276 g/mol. The van der Waals surface area contributed by atoms with E-state index in [-0.39, 0.29) is 0 Å². The van der Waals surface area contributed by atoms with Gasteiger partial charge < -0.3 is 10.2 Å². The van der Waals surface area contributed by atoms with Crippen LogP contribution in [-0.4, -0.2) is 33.8 Å². The highest BCUT2D eigenvalue weighted by Crippen LogP contribution is 2.23. The van der Waals surface area contributed by atoms with Gasteiger partial charge in [-0.25, -0.2) is 0 Å². The van der Waals surface area contributed by atoms with Crippen molar-refractivity contribution in [2.24, 2.45) is 7.05 Å². The Kier molecular flexibility index (Phi) is 3.66. The van der Waals surface area contributed by atoms with Crippen LogP contribution in [0.5, 0.6) is 0 Å². The first-order chi connectivity index (χ1) is 10.6. The maximum atomic E-state index is 4.61. The van der Waals surface area contributed by atoms with Crippen molar-refractivity contribution in [2.45, 2.75) is 13.5 Å². The fourth-order valence-corrected chi connectivity index (χ4v) is 2.33. The van der Waals surface area contributed by atoms with Gasteiger partial charge in [0.2, 0.25) is 5.95 Å². The number of nitrogens with zero attached hydrogens (tertiary/aromatic N) is 5. The highest BCUT2D eigenvalue weighted by Gasteiger charge is 2.12. The number of anilines is 2. The van der Waals surface area contributed by atoms with Gasteiger partial charge in [-0.2, -0.15) is 15.1 Å². The average molecular weight is 296 g/mol. The Morgan fingerprint density at radius 2 is 1.95 bits per heavy atom. The number of hydrogen-bond acceptors (Lipinski definition) is 5. The maximum absolute atomic E-state index is 4.61. The molecule has 0 amide bonds. The molecule has 1 aromatic carbocycles. The molecule has 0 aliphatic heterocycles. The van der Waals surface area contributed by atoms with Gasteiger partial charge in [0.25, 0.3) is 0 Å². The average Bonchev–Trinajstić information content (AvgIpc) is 2.88. The molecule has 3 aromatic rings. The molecule has 0 unspecified atom stereocenters. The summed E-state index contributed by atoms with van der Waals surface area (Å²) < 4.78 is 1.77. The second-order valence-electron chi connectivity index (χ2n) is 5.55. The Hall–Kier alpha value is -2.63. The van der Waals surface area contributed by atoms with Crippen molar-refractivity contribution in [1.82, 2.24) is 19.7 Å². The molecule has 0 fully saturated rings. The zero-order valence-corrected chi connectivity index (χ0v) is 13.3. The van der Waals surface area contributed by atoms with Crippen molar-refractivity contribution < 1.29 is 0 Å². The van der Waals surface area contributed by atoms with Crippen LogP contribution in [0.25, 0.3) is 11.0 Å². The van der Waals surface area contributed by atoms with Crippen molar-refractivity contribution >= 4 is 22.8 Å². The van der Waals surface area contributed by atoms with Crippen LogP contribution >= 0.6 is 0 Å². The van der Waals surface area contributed by atoms with Crippen molar-refractivity contribution in [3.8, 4) is 0 Å². The molecular formula is C16H20N6. The summed E-state index contributed by atoms with van der Waals surface area (Å²) >= 11 is 0. The van der Waals surface area contributed by atoms with Gasteiger partial charge in [0, 0.05) is 27.7 Å². The van der Waals surface area contributed by atoms with E-state index in [0.29, 0.717) is 5.95 Å². The molecule has 2 aromatic heterocycles. The van der Waals surface area contributed by atoms with Gasteiger partial charge in [0.1, 0.15) is 5.82 Å². The largest absolute Gasteiger partial charge is 0.365 e. The molecule has 6 heteroatoms. The maximum Gasteiger partial charge on any atom is 0.228 e. The number of aromatic nitrogens is 4. The normalized spacial score (nSPS) is 10.9. The van der Waals surface area contributed by atoms with Crippen LogP contribution in [0.15, 0.2) is 30.5 Å². The topological polar surface area (TPSA) is 58.9 Å². The highest BCUT2D eigenvalue weighted by atomic mass is 15.3. The summed E-state index contributed by atoms with van der Waals surface area (Å²) in [6, 6.07) is 8.33. The van der Waals surface area contributed by atoms with E-state index in [0.717, 1.165) is 23.4 Å². The van der Waals surface area contributed by atoms with Crippen LogP contribution in [0.3, 0.4) is 0 Å². The van der Waals surface area contributed by atoms with E-state index in [9.17, 15) is 0 Å². The van der Waals surface area contributed by atoms with Crippen molar-refractivity contribution in [3.05, 3.63) is 41.6 Å². The summed E-state index contributed by atoms with van der Waals surface area (Å²) in [5, 5.41) is 8.64. The van der Waals surface area contributed by atoms with Gasteiger partial charge in [-0.05, 0) is 18.1 Å². The smallest absolute Gasteiger partial charge is 0.228 e. The Morgan fingerprint density at radius 1 is 1.18 bits per heavy atom. The number of benzene rings is 1. The van der Waals surface area contributed by atoms with Crippen LogP contribution in [0.1, 0.15) is 11.1 Å². The van der Waals surface area contributed by atoms with Gasteiger partial charge in [-0.15, -0.1) is 0 Å². The minimum absolute atomic E-state index is 0.670. The molecule has 22 heavy (non-hydrogen) atoms. The first kappa shape index (κ1) is 14.3. The SMILES string of the molecule is Cc1ccccc1CNc1nc(N(C)C)nc2c1cnn2C. The van der Waals surface area contributed by atoms with Gasteiger partial charge in [0.05, 0.1) is 11.6 Å². The van der Waals surface area contributed by atoms with E-state index in [4.69, 9.17) is 0 Å². The van der Waals surface area contributed by atoms with Gasteiger partial charge in [-0.3, -0.25) is 4.68 Å². The third-order valence-electron chi connectivity index (χ3n) is 3.69. The molecule has 1 N–H and O–H groups in total. The second kappa shape index (κ2) is 5.63. The standard InChI is InChI=1S/C16H20N6/c1-11-7-5-6-8-12(11)9-17-14-13-10-18-22(4)15(13)20-16(19-14)21(2)3/h5-8,10H,9H2,1-4H3,(H,17,19,20). The van der Waals surface area contributed by atoms with Crippen molar-refractivity contribution in [2.75, 3.05) is 24.3 Å². The van der Waals surface area contributed by atoms with Gasteiger partial charge >= 0.3 is 0 Å². The summed E-state index contributed by atoms with van der Waals surface area (Å²) in [6.45, 7) is 2.84. The molecule has 3 rings (SSSR count). The molecule has 0 radical (unpaired) electrons. The molecule has 0 bridgehead atoms. The summed E-state index contributed by atoms with van der Waals surface area (Å²) in [4.78, 5) is 11.0. The summed E-state index contributed by atoms with van der Waals surface area (Å²) in [5.41, 5.74) is 3.34. The van der Waals surface area contributed by atoms with E-state index < -0.39 is 0 Å². The van der Waals surface area contributed by atoms with E-state index in [1.807, 2.05) is 32.1 Å². The Morgan fingerprint density at radius 3 is 2.68 bits per heavy atom. The second-order valence-corrected chi connectivity index (χ2v) is 5.55. The van der Waals surface area contributed by atoms with Gasteiger partial charge in [-0.1, -0.05) is 24.3 Å². The summed E-state index contributed by atoms with van der Waals surface area (Å²) in [6.07, 6.45) is 1.80. The number of fused-ring (bicyclic) bond motifs is 1. The highest BCUT2D eigenvalue weighted by molar-refractivity contribution is 5.87. The van der Waals surface area contributed by atoms with Crippen LogP contribution in [0.4, 0.5) is 11.8 Å². The Labute approximate surface area is 129 Å². The van der Waals surface area contributed by atoms with Crippen molar-refractivity contribution in [1.29, 1.82) is 0 Å². The predicted octanol–water partition coefficient (Wildman–Crippen LogP) is 2.35. The fraction of sp³-hybridized carbons (Fsp3) is 0.312. The van der Waals surface area contributed by atoms with Crippen LogP contribution in [0.2, 0.25) is 0 Å². The third-order valence-corrected chi connectivity index (χ3v) is 3.69. The molecule has 0 aliphatic rings. The van der Waals surface area contributed by atoms with Crippen LogP contribution < -0.4 is 10.2 Å². The molecule has 0 spiro atoms. The monoisotopic (exact) mass is 296 g/mol. The summed E-state index contributed by atoms with van der Waals surface area (Å²) in [5.74, 6) is 1.48. The van der Waals surface area contributed by atoms with E-state index in [1.54, 1.807) is 10.9 Å². The third kappa shape index (κ3) is 2.59. The lowest BCUT2D eigenvalue weighted by atomic mass is 10.1. The zero-order valence-electron chi connectivity index (χ0n) is 13.3.